The highest BCUT2D eigenvalue weighted by molar-refractivity contribution is 8.00. The number of imide groups is 1. The maximum atomic E-state index is 12.8. The standard InChI is InChI=1S/C28H43N5O5S/c1-2-20(30-27(37)19-11-9-18(10-12-19)16-33-24(35)13-14-25(33)36)6-5-15-29-23(34)8-4-3-7-22-26-21(17-39-22)31-28(38)32-26/h13-14,18-22,26H,2-12,15-17H2,1H3,(H,29,34)(H,30,37)(H2,31,32,38)/t18?,19?,20?,21-,22-,26-/m0/s1. The lowest BCUT2D eigenvalue weighted by atomic mass is 9.81. The Morgan fingerprint density at radius 3 is 2.51 bits per heavy atom. The summed E-state index contributed by atoms with van der Waals surface area (Å²) in [6, 6.07) is 0.491. The number of rotatable bonds is 14. The second kappa shape index (κ2) is 14.2. The summed E-state index contributed by atoms with van der Waals surface area (Å²) >= 11 is 1.90. The normalized spacial score (nSPS) is 28.7. The van der Waals surface area contributed by atoms with Gasteiger partial charge in [-0.15, -0.1) is 0 Å². The lowest BCUT2D eigenvalue weighted by Crippen LogP contribution is -2.41. The van der Waals surface area contributed by atoms with Crippen LogP contribution in [0.2, 0.25) is 0 Å². The van der Waals surface area contributed by atoms with E-state index in [1.807, 2.05) is 11.8 Å². The molecule has 3 aliphatic heterocycles. The van der Waals surface area contributed by atoms with Gasteiger partial charge < -0.3 is 21.3 Å². The second-order valence-corrected chi connectivity index (χ2v) is 12.6. The fourth-order valence-corrected chi connectivity index (χ4v) is 7.66. The molecule has 4 N–H and O–H groups in total. The van der Waals surface area contributed by atoms with Crippen LogP contribution in [0.4, 0.5) is 4.79 Å². The maximum Gasteiger partial charge on any atom is 0.315 e. The summed E-state index contributed by atoms with van der Waals surface area (Å²) in [5.41, 5.74) is 0. The lowest BCUT2D eigenvalue weighted by Gasteiger charge is -2.31. The molecule has 1 unspecified atom stereocenters. The first kappa shape index (κ1) is 29.4. The van der Waals surface area contributed by atoms with E-state index in [1.54, 1.807) is 0 Å². The minimum atomic E-state index is -0.238. The first-order valence-corrected chi connectivity index (χ1v) is 15.7. The van der Waals surface area contributed by atoms with Crippen molar-refractivity contribution in [3.63, 3.8) is 0 Å². The summed E-state index contributed by atoms with van der Waals surface area (Å²) in [6.45, 7) is 3.12. The molecule has 0 radical (unpaired) electrons. The third-order valence-electron chi connectivity index (χ3n) is 8.53. The fourth-order valence-electron chi connectivity index (χ4n) is 6.11. The summed E-state index contributed by atoms with van der Waals surface area (Å²) in [4.78, 5) is 61.5. The van der Waals surface area contributed by atoms with Crippen LogP contribution in [0.3, 0.4) is 0 Å². The molecule has 0 bridgehead atoms. The van der Waals surface area contributed by atoms with E-state index in [0.29, 0.717) is 24.8 Å². The average molecular weight is 562 g/mol. The van der Waals surface area contributed by atoms with Gasteiger partial charge in [0.1, 0.15) is 0 Å². The van der Waals surface area contributed by atoms with Crippen molar-refractivity contribution in [1.82, 2.24) is 26.2 Å². The molecular formula is C28H43N5O5S. The molecule has 3 fully saturated rings. The van der Waals surface area contributed by atoms with Crippen molar-refractivity contribution in [2.45, 2.75) is 101 Å². The number of thioether (sulfide) groups is 1. The van der Waals surface area contributed by atoms with Gasteiger partial charge in [0, 0.05) is 54.6 Å². The average Bonchev–Trinajstić information content (AvgIpc) is 3.58. The molecule has 0 aromatic carbocycles. The van der Waals surface area contributed by atoms with Crippen molar-refractivity contribution in [3.05, 3.63) is 12.2 Å². The number of nitrogens with one attached hydrogen (secondary N) is 4. The molecule has 4 atom stereocenters. The van der Waals surface area contributed by atoms with Crippen LogP contribution in [0.15, 0.2) is 12.2 Å². The largest absolute Gasteiger partial charge is 0.356 e. The van der Waals surface area contributed by atoms with Gasteiger partial charge >= 0.3 is 6.03 Å². The minimum Gasteiger partial charge on any atom is -0.356 e. The summed E-state index contributed by atoms with van der Waals surface area (Å²) in [5, 5.41) is 12.6. The molecule has 4 rings (SSSR count). The first-order valence-electron chi connectivity index (χ1n) is 14.6. The van der Waals surface area contributed by atoms with Crippen LogP contribution >= 0.6 is 11.8 Å². The van der Waals surface area contributed by atoms with Crippen LogP contribution in [-0.2, 0) is 19.2 Å². The SMILES string of the molecule is CCC(CCCNC(=O)CCCC[C@@H]1SC[C@@H]2NC(=O)N[C@@H]21)NC(=O)C1CCC(CN2C(=O)C=CC2=O)CC1. The first-order chi connectivity index (χ1) is 18.8. The van der Waals surface area contributed by atoms with Crippen LogP contribution in [0.25, 0.3) is 0 Å². The van der Waals surface area contributed by atoms with Crippen LogP contribution in [-0.4, -0.2) is 76.8 Å². The summed E-state index contributed by atoms with van der Waals surface area (Å²) in [5.74, 6) is 0.887. The highest BCUT2D eigenvalue weighted by Crippen LogP contribution is 2.33. The van der Waals surface area contributed by atoms with Crippen molar-refractivity contribution in [3.8, 4) is 0 Å². The number of amides is 6. The Morgan fingerprint density at radius 1 is 1.05 bits per heavy atom. The molecule has 3 heterocycles. The molecular weight excluding hydrogens is 518 g/mol. The number of carbonyl (C=O) groups excluding carboxylic acids is 5. The highest BCUT2D eigenvalue weighted by atomic mass is 32.2. The Morgan fingerprint density at radius 2 is 1.79 bits per heavy atom. The van der Waals surface area contributed by atoms with E-state index in [-0.39, 0.29) is 59.6 Å². The molecule has 6 amide bonds. The Hall–Kier alpha value is -2.56. The van der Waals surface area contributed by atoms with E-state index in [0.717, 1.165) is 70.0 Å². The molecule has 0 aromatic rings. The number of urea groups is 1. The Balaban J connectivity index is 1.03. The zero-order valence-electron chi connectivity index (χ0n) is 22.9. The fraction of sp³-hybridized carbons (Fsp3) is 0.750. The Labute approximate surface area is 235 Å². The number of nitrogens with zero attached hydrogens (tertiary/aromatic N) is 1. The molecule has 0 aromatic heterocycles. The summed E-state index contributed by atoms with van der Waals surface area (Å²) < 4.78 is 0. The quantitative estimate of drug-likeness (QED) is 0.146. The Bertz CT molecular complexity index is 933. The van der Waals surface area contributed by atoms with Gasteiger partial charge in [-0.1, -0.05) is 13.3 Å². The van der Waals surface area contributed by atoms with Crippen LogP contribution in [0.1, 0.15) is 77.6 Å². The van der Waals surface area contributed by atoms with E-state index >= 15 is 0 Å². The molecule has 1 aliphatic carbocycles. The van der Waals surface area contributed by atoms with Gasteiger partial charge in [-0.25, -0.2) is 4.79 Å². The van der Waals surface area contributed by atoms with E-state index < -0.39 is 0 Å². The number of fused-ring (bicyclic) bond motifs is 1. The van der Waals surface area contributed by atoms with Gasteiger partial charge in [-0.3, -0.25) is 24.1 Å². The van der Waals surface area contributed by atoms with Crippen molar-refractivity contribution in [2.75, 3.05) is 18.8 Å². The predicted octanol–water partition coefficient (Wildman–Crippen LogP) is 2.23. The smallest absolute Gasteiger partial charge is 0.315 e. The molecule has 11 heteroatoms. The van der Waals surface area contributed by atoms with Crippen LogP contribution < -0.4 is 21.3 Å². The number of carbonyl (C=O) groups is 5. The highest BCUT2D eigenvalue weighted by Gasteiger charge is 2.42. The van der Waals surface area contributed by atoms with E-state index in [9.17, 15) is 24.0 Å². The number of hydrogen-bond donors (Lipinski definition) is 4. The van der Waals surface area contributed by atoms with Gasteiger partial charge in [0.05, 0.1) is 12.1 Å². The van der Waals surface area contributed by atoms with E-state index in [1.165, 1.54) is 17.1 Å². The Kier molecular flexibility index (Phi) is 10.7. The van der Waals surface area contributed by atoms with Crippen molar-refractivity contribution in [1.29, 1.82) is 0 Å². The number of hydrogen-bond acceptors (Lipinski definition) is 6. The van der Waals surface area contributed by atoms with Gasteiger partial charge in [-0.05, 0) is 63.7 Å². The van der Waals surface area contributed by atoms with E-state index in [2.05, 4.69) is 28.2 Å². The van der Waals surface area contributed by atoms with Gasteiger partial charge in [0.2, 0.25) is 11.8 Å². The summed E-state index contributed by atoms with van der Waals surface area (Å²) in [7, 11) is 0. The third kappa shape index (κ3) is 8.22. The van der Waals surface area contributed by atoms with Crippen molar-refractivity contribution >= 4 is 41.4 Å². The molecule has 1 saturated carbocycles. The zero-order chi connectivity index (χ0) is 27.8. The van der Waals surface area contributed by atoms with Gasteiger partial charge in [0.15, 0.2) is 0 Å². The topological polar surface area (TPSA) is 137 Å². The molecule has 10 nitrogen and oxygen atoms in total. The van der Waals surface area contributed by atoms with Crippen molar-refractivity contribution in [2.24, 2.45) is 11.8 Å². The molecule has 0 spiro atoms. The van der Waals surface area contributed by atoms with Gasteiger partial charge in [0.25, 0.3) is 11.8 Å². The second-order valence-electron chi connectivity index (χ2n) is 11.3. The third-order valence-corrected chi connectivity index (χ3v) is 10.0. The molecule has 216 valence electrons. The molecule has 2 saturated heterocycles. The molecule has 4 aliphatic rings. The zero-order valence-corrected chi connectivity index (χ0v) is 23.7. The molecule has 39 heavy (non-hydrogen) atoms. The minimum absolute atomic E-state index is 0.0205. The van der Waals surface area contributed by atoms with Gasteiger partial charge in [-0.2, -0.15) is 11.8 Å². The number of unbranched alkanes of at least 4 members (excludes halogenated alkanes) is 1. The predicted molar refractivity (Wildman–Crippen MR) is 150 cm³/mol. The lowest BCUT2D eigenvalue weighted by molar-refractivity contribution is -0.138. The van der Waals surface area contributed by atoms with E-state index in [4.69, 9.17) is 0 Å². The van der Waals surface area contributed by atoms with Crippen LogP contribution in [0, 0.1) is 11.8 Å². The maximum absolute atomic E-state index is 12.8. The monoisotopic (exact) mass is 561 g/mol. The van der Waals surface area contributed by atoms with Crippen LogP contribution in [0.5, 0.6) is 0 Å². The van der Waals surface area contributed by atoms with Crippen molar-refractivity contribution < 1.29 is 24.0 Å². The summed E-state index contributed by atoms with van der Waals surface area (Å²) in [6.07, 6.45) is 11.7.